The number of nitrogens with zero attached hydrogens (tertiary/aromatic N) is 3. The lowest BCUT2D eigenvalue weighted by Gasteiger charge is -2.39. The predicted molar refractivity (Wildman–Crippen MR) is 171 cm³/mol. The Bertz CT molecular complexity index is 1850. The number of anilines is 1. The molecule has 0 spiro atoms. The number of fused-ring (bicyclic) bond motifs is 1. The number of nitriles is 1. The first-order valence-corrected chi connectivity index (χ1v) is 14.9. The summed E-state index contributed by atoms with van der Waals surface area (Å²) in [6.45, 7) is 5.32. The van der Waals surface area contributed by atoms with Crippen LogP contribution in [-0.4, -0.2) is 60.8 Å². The van der Waals surface area contributed by atoms with Crippen LogP contribution in [0.25, 0.3) is 33.2 Å². The smallest absolute Gasteiger partial charge is 0.407 e. The van der Waals surface area contributed by atoms with Gasteiger partial charge in [-0.2, -0.15) is 5.26 Å². The van der Waals surface area contributed by atoms with E-state index < -0.39 is 41.3 Å². The molecule has 0 saturated carbocycles. The number of para-hydroxylation sites is 1. The fraction of sp³-hybridized carbons (Fsp3) is 0.314. The summed E-state index contributed by atoms with van der Waals surface area (Å²) < 4.78 is 45.3. The Kier molecular flexibility index (Phi) is 9.58. The topological polar surface area (TPSA) is 134 Å². The maximum absolute atomic E-state index is 14.5. The van der Waals surface area contributed by atoms with Gasteiger partial charge in [0, 0.05) is 55.0 Å². The number of amides is 1. The second-order valence-corrected chi connectivity index (χ2v) is 12.2. The van der Waals surface area contributed by atoms with Crippen molar-refractivity contribution in [3.63, 3.8) is 0 Å². The van der Waals surface area contributed by atoms with E-state index in [1.165, 1.54) is 25.4 Å². The number of halogens is 2. The van der Waals surface area contributed by atoms with E-state index in [0.29, 0.717) is 51.1 Å². The number of carboxylic acids is 1. The Balaban J connectivity index is 1.66. The average Bonchev–Trinajstić information content (AvgIpc) is 3.01. The number of hydrogen-bond donors (Lipinski definition) is 2. The summed E-state index contributed by atoms with van der Waals surface area (Å²) in [7, 11) is 1.47. The van der Waals surface area contributed by atoms with E-state index in [2.05, 4.69) is 16.4 Å². The number of benzene rings is 3. The third-order valence-corrected chi connectivity index (χ3v) is 7.73. The van der Waals surface area contributed by atoms with E-state index in [-0.39, 0.29) is 25.3 Å². The van der Waals surface area contributed by atoms with Crippen LogP contribution in [0.3, 0.4) is 0 Å². The lowest BCUT2D eigenvalue weighted by molar-refractivity contribution is -0.142. The number of carboxylic acid groups (broad SMARTS) is 1. The summed E-state index contributed by atoms with van der Waals surface area (Å²) in [5.74, 6) is -3.41. The number of ether oxygens (including phenoxy) is 3. The Labute approximate surface area is 270 Å². The SMILES string of the molecule is COCOc1c(C#N)cccc1-c1ccc2ncc(-c3cc(F)cc(F)c3)c(N3CC[C@@H](NC(=O)OC(C)(C)C)[C@H](C(=O)O)C3)c2c1. The molecule has 1 saturated heterocycles. The van der Waals surface area contributed by atoms with Gasteiger partial charge in [-0.15, -0.1) is 0 Å². The van der Waals surface area contributed by atoms with Crippen LogP contribution in [0.1, 0.15) is 32.8 Å². The van der Waals surface area contributed by atoms with Gasteiger partial charge in [0.1, 0.15) is 29.1 Å². The van der Waals surface area contributed by atoms with Crippen LogP contribution < -0.4 is 15.0 Å². The third-order valence-electron chi connectivity index (χ3n) is 7.73. The van der Waals surface area contributed by atoms with Gasteiger partial charge >= 0.3 is 12.1 Å². The highest BCUT2D eigenvalue weighted by Gasteiger charge is 2.37. The molecule has 0 radical (unpaired) electrons. The van der Waals surface area contributed by atoms with Gasteiger partial charge in [0.15, 0.2) is 6.79 Å². The molecule has 1 aromatic heterocycles. The Hall–Kier alpha value is -5.28. The fourth-order valence-corrected chi connectivity index (χ4v) is 5.77. The van der Waals surface area contributed by atoms with Crippen LogP contribution in [0, 0.1) is 28.9 Å². The molecule has 2 atom stereocenters. The van der Waals surface area contributed by atoms with Gasteiger partial charge in [0.05, 0.1) is 22.7 Å². The maximum atomic E-state index is 14.5. The molecule has 2 heterocycles. The molecule has 1 amide bonds. The lowest BCUT2D eigenvalue weighted by Crippen LogP contribution is -2.54. The summed E-state index contributed by atoms with van der Waals surface area (Å²) in [6, 6.07) is 15.1. The van der Waals surface area contributed by atoms with Gasteiger partial charge < -0.3 is 29.5 Å². The van der Waals surface area contributed by atoms with Crippen molar-refractivity contribution in [2.75, 3.05) is 31.9 Å². The summed E-state index contributed by atoms with van der Waals surface area (Å²) in [4.78, 5) is 31.6. The molecule has 0 unspecified atom stereocenters. The summed E-state index contributed by atoms with van der Waals surface area (Å²) in [5.41, 5.74) is 2.44. The molecule has 10 nitrogen and oxygen atoms in total. The Morgan fingerprint density at radius 2 is 1.83 bits per heavy atom. The quantitative estimate of drug-likeness (QED) is 0.206. The van der Waals surface area contributed by atoms with Crippen molar-refractivity contribution in [2.45, 2.75) is 38.8 Å². The van der Waals surface area contributed by atoms with Crippen molar-refractivity contribution >= 4 is 28.7 Å². The molecule has 2 N–H and O–H groups in total. The Morgan fingerprint density at radius 3 is 2.49 bits per heavy atom. The molecule has 0 aliphatic carbocycles. The number of rotatable bonds is 8. The number of methoxy groups -OCH3 is 1. The number of carbonyl (C=O) groups excluding carboxylic acids is 1. The molecule has 1 fully saturated rings. The monoisotopic (exact) mass is 644 g/mol. The highest BCUT2D eigenvalue weighted by molar-refractivity contribution is 6.02. The first kappa shape index (κ1) is 33.1. The highest BCUT2D eigenvalue weighted by atomic mass is 19.1. The number of nitrogens with one attached hydrogen (secondary N) is 1. The molecule has 1 aliphatic heterocycles. The first-order chi connectivity index (χ1) is 22.4. The largest absolute Gasteiger partial charge is 0.481 e. The third kappa shape index (κ3) is 7.42. The van der Waals surface area contributed by atoms with Crippen molar-refractivity contribution < 1.29 is 37.7 Å². The van der Waals surface area contributed by atoms with Crippen LogP contribution >= 0.6 is 0 Å². The van der Waals surface area contributed by atoms with Crippen molar-refractivity contribution in [1.82, 2.24) is 10.3 Å². The molecule has 4 aromatic rings. The summed E-state index contributed by atoms with van der Waals surface area (Å²) >= 11 is 0. The van der Waals surface area contributed by atoms with E-state index in [1.54, 1.807) is 45.0 Å². The molecule has 244 valence electrons. The van der Waals surface area contributed by atoms with E-state index in [9.17, 15) is 28.7 Å². The van der Waals surface area contributed by atoms with E-state index in [0.717, 1.165) is 6.07 Å². The molecule has 1 aliphatic rings. The van der Waals surface area contributed by atoms with Crippen LogP contribution in [0.15, 0.2) is 60.8 Å². The Morgan fingerprint density at radius 1 is 1.09 bits per heavy atom. The number of alkyl carbamates (subject to hydrolysis) is 1. The standard InChI is InChI=1S/C35H34F2N4O6/c1-35(2,3)47-34(44)40-30-10-11-41(18-28(30)33(42)43)31-26-14-20(25-7-5-6-21(16-38)32(25)46-19-45-4)8-9-29(26)39-17-27(31)22-12-23(36)15-24(37)13-22/h5-9,12-15,17,28,30H,10-11,18-19H2,1-4H3,(H,40,44)(H,42,43)/t28-,30-/m1/s1. The zero-order valence-electron chi connectivity index (χ0n) is 26.3. The molecule has 0 bridgehead atoms. The minimum absolute atomic E-state index is 0.0317. The fourth-order valence-electron chi connectivity index (χ4n) is 5.77. The van der Waals surface area contributed by atoms with Crippen LogP contribution in [-0.2, 0) is 14.3 Å². The molecule has 3 aromatic carbocycles. The van der Waals surface area contributed by atoms with E-state index >= 15 is 0 Å². The number of piperidine rings is 1. The van der Waals surface area contributed by atoms with Crippen LogP contribution in [0.4, 0.5) is 19.3 Å². The van der Waals surface area contributed by atoms with Gasteiger partial charge in [0.2, 0.25) is 0 Å². The van der Waals surface area contributed by atoms with E-state index in [1.807, 2.05) is 17.0 Å². The molecule has 5 rings (SSSR count). The molecular formula is C35H34F2N4O6. The second kappa shape index (κ2) is 13.6. The van der Waals surface area contributed by atoms with Gasteiger partial charge in [-0.25, -0.2) is 13.6 Å². The van der Waals surface area contributed by atoms with Crippen LogP contribution in [0.2, 0.25) is 0 Å². The minimum Gasteiger partial charge on any atom is -0.481 e. The van der Waals surface area contributed by atoms with Crippen molar-refractivity contribution in [3.8, 4) is 34.1 Å². The van der Waals surface area contributed by atoms with Crippen molar-refractivity contribution in [2.24, 2.45) is 5.92 Å². The number of hydrogen-bond acceptors (Lipinski definition) is 8. The van der Waals surface area contributed by atoms with Crippen molar-refractivity contribution in [1.29, 1.82) is 5.26 Å². The zero-order chi connectivity index (χ0) is 33.9. The normalized spacial score (nSPS) is 16.4. The first-order valence-electron chi connectivity index (χ1n) is 14.9. The second-order valence-electron chi connectivity index (χ2n) is 12.2. The van der Waals surface area contributed by atoms with E-state index in [4.69, 9.17) is 14.2 Å². The molecular weight excluding hydrogens is 610 g/mol. The lowest BCUT2D eigenvalue weighted by atomic mass is 9.90. The average molecular weight is 645 g/mol. The predicted octanol–water partition coefficient (Wildman–Crippen LogP) is 6.51. The number of aromatic nitrogens is 1. The number of pyridine rings is 1. The van der Waals surface area contributed by atoms with Crippen molar-refractivity contribution in [3.05, 3.63) is 78.0 Å². The summed E-state index contributed by atoms with van der Waals surface area (Å²) in [6.07, 6.45) is 1.04. The zero-order valence-corrected chi connectivity index (χ0v) is 26.3. The number of aliphatic carboxylic acids is 1. The minimum atomic E-state index is -1.12. The molecule has 12 heteroatoms. The van der Waals surface area contributed by atoms with Gasteiger partial charge in [-0.3, -0.25) is 9.78 Å². The highest BCUT2D eigenvalue weighted by Crippen LogP contribution is 2.42. The van der Waals surface area contributed by atoms with Gasteiger partial charge in [-0.1, -0.05) is 18.2 Å². The maximum Gasteiger partial charge on any atom is 0.407 e. The van der Waals surface area contributed by atoms with Crippen LogP contribution in [0.5, 0.6) is 5.75 Å². The molecule has 47 heavy (non-hydrogen) atoms. The van der Waals surface area contributed by atoms with Gasteiger partial charge in [-0.05, 0) is 68.7 Å². The summed E-state index contributed by atoms with van der Waals surface area (Å²) in [5, 5.41) is 23.3. The van der Waals surface area contributed by atoms with Gasteiger partial charge in [0.25, 0.3) is 0 Å². The number of carbonyl (C=O) groups is 2.